The van der Waals surface area contributed by atoms with Gasteiger partial charge in [-0.25, -0.2) is 0 Å². The summed E-state index contributed by atoms with van der Waals surface area (Å²) < 4.78 is 0.853. The van der Waals surface area contributed by atoms with Crippen molar-refractivity contribution in [1.29, 1.82) is 0 Å². The standard InChI is InChI=1S/C18H15BrClN3O3/c19-13-2-1-3-15(9-13)23-10-12(8-16(23)24)18(26)22-21-17(25)11-4-6-14(20)7-5-11/h1-7,9,12H,8,10H2,(H,21,25)(H,22,26). The van der Waals surface area contributed by atoms with Gasteiger partial charge in [-0.05, 0) is 42.5 Å². The van der Waals surface area contributed by atoms with Crippen molar-refractivity contribution < 1.29 is 14.4 Å². The van der Waals surface area contributed by atoms with Crippen LogP contribution in [0.4, 0.5) is 5.69 Å². The average Bonchev–Trinajstić information content (AvgIpc) is 3.02. The van der Waals surface area contributed by atoms with Crippen LogP contribution in [0.1, 0.15) is 16.8 Å². The van der Waals surface area contributed by atoms with Crippen LogP contribution in [0.5, 0.6) is 0 Å². The molecule has 0 spiro atoms. The number of nitrogens with one attached hydrogen (secondary N) is 2. The lowest BCUT2D eigenvalue weighted by Gasteiger charge is -2.17. The van der Waals surface area contributed by atoms with E-state index in [4.69, 9.17) is 11.6 Å². The first kappa shape index (κ1) is 18.4. The van der Waals surface area contributed by atoms with Crippen molar-refractivity contribution in [2.24, 2.45) is 5.92 Å². The number of carbonyl (C=O) groups is 3. The molecule has 1 fully saturated rings. The van der Waals surface area contributed by atoms with E-state index in [1.165, 1.54) is 0 Å². The number of rotatable bonds is 3. The molecule has 0 aliphatic carbocycles. The second kappa shape index (κ2) is 7.88. The van der Waals surface area contributed by atoms with Gasteiger partial charge in [0, 0.05) is 33.7 Å². The molecule has 26 heavy (non-hydrogen) atoms. The van der Waals surface area contributed by atoms with Gasteiger partial charge in [0.25, 0.3) is 5.91 Å². The summed E-state index contributed by atoms with van der Waals surface area (Å²) >= 11 is 9.14. The fourth-order valence-electron chi connectivity index (χ4n) is 2.67. The summed E-state index contributed by atoms with van der Waals surface area (Å²) in [5.41, 5.74) is 5.83. The Morgan fingerprint density at radius 1 is 1.12 bits per heavy atom. The van der Waals surface area contributed by atoms with Crippen molar-refractivity contribution in [2.75, 3.05) is 11.4 Å². The summed E-state index contributed by atoms with van der Waals surface area (Å²) in [5.74, 6) is -1.53. The molecule has 1 aliphatic heterocycles. The lowest BCUT2D eigenvalue weighted by atomic mass is 10.1. The van der Waals surface area contributed by atoms with Crippen LogP contribution in [-0.4, -0.2) is 24.3 Å². The molecular weight excluding hydrogens is 422 g/mol. The van der Waals surface area contributed by atoms with E-state index >= 15 is 0 Å². The average molecular weight is 437 g/mol. The van der Waals surface area contributed by atoms with Crippen LogP contribution in [0.2, 0.25) is 5.02 Å². The Hall–Kier alpha value is -2.38. The van der Waals surface area contributed by atoms with Gasteiger partial charge in [-0.15, -0.1) is 0 Å². The Bertz CT molecular complexity index is 857. The molecule has 2 aromatic carbocycles. The first-order valence-electron chi connectivity index (χ1n) is 7.86. The van der Waals surface area contributed by atoms with Crippen molar-refractivity contribution in [3.8, 4) is 0 Å². The topological polar surface area (TPSA) is 78.5 Å². The van der Waals surface area contributed by atoms with Crippen molar-refractivity contribution in [2.45, 2.75) is 6.42 Å². The highest BCUT2D eigenvalue weighted by atomic mass is 79.9. The number of halogens is 2. The van der Waals surface area contributed by atoms with Gasteiger partial charge in [0.15, 0.2) is 0 Å². The molecule has 6 nitrogen and oxygen atoms in total. The third-order valence-corrected chi connectivity index (χ3v) is 4.77. The quantitative estimate of drug-likeness (QED) is 0.726. The maximum atomic E-state index is 12.3. The Balaban J connectivity index is 1.58. The van der Waals surface area contributed by atoms with Crippen LogP contribution in [-0.2, 0) is 9.59 Å². The summed E-state index contributed by atoms with van der Waals surface area (Å²) in [4.78, 5) is 38.1. The molecular formula is C18H15BrClN3O3. The Kier molecular flexibility index (Phi) is 5.58. The zero-order valence-corrected chi connectivity index (χ0v) is 15.9. The fourth-order valence-corrected chi connectivity index (χ4v) is 3.18. The van der Waals surface area contributed by atoms with Crippen LogP contribution >= 0.6 is 27.5 Å². The molecule has 3 amide bonds. The van der Waals surface area contributed by atoms with E-state index in [9.17, 15) is 14.4 Å². The number of hydrazine groups is 1. The van der Waals surface area contributed by atoms with Gasteiger partial charge in [-0.1, -0.05) is 33.6 Å². The molecule has 1 unspecified atom stereocenters. The largest absolute Gasteiger partial charge is 0.312 e. The number of hydrogen-bond donors (Lipinski definition) is 2. The van der Waals surface area contributed by atoms with Crippen molar-refractivity contribution in [1.82, 2.24) is 10.9 Å². The maximum Gasteiger partial charge on any atom is 0.269 e. The fraction of sp³-hybridized carbons (Fsp3) is 0.167. The molecule has 134 valence electrons. The van der Waals surface area contributed by atoms with Gasteiger partial charge in [0.2, 0.25) is 11.8 Å². The van der Waals surface area contributed by atoms with E-state index in [-0.39, 0.29) is 18.9 Å². The number of amides is 3. The minimum Gasteiger partial charge on any atom is -0.312 e. The Labute approximate surface area is 163 Å². The van der Waals surface area contributed by atoms with Gasteiger partial charge < -0.3 is 4.90 Å². The van der Waals surface area contributed by atoms with Gasteiger partial charge in [0.05, 0.1) is 5.92 Å². The molecule has 1 atom stereocenters. The monoisotopic (exact) mass is 435 g/mol. The second-order valence-electron chi connectivity index (χ2n) is 5.84. The molecule has 2 N–H and O–H groups in total. The number of nitrogens with zero attached hydrogens (tertiary/aromatic N) is 1. The summed E-state index contributed by atoms with van der Waals surface area (Å²) in [6.07, 6.45) is 0.0924. The number of hydrogen-bond acceptors (Lipinski definition) is 3. The molecule has 0 saturated carbocycles. The molecule has 1 heterocycles. The van der Waals surface area contributed by atoms with Crippen molar-refractivity contribution in [3.05, 3.63) is 63.6 Å². The lowest BCUT2D eigenvalue weighted by Crippen LogP contribution is -2.45. The van der Waals surface area contributed by atoms with E-state index < -0.39 is 17.7 Å². The molecule has 0 radical (unpaired) electrons. The van der Waals surface area contributed by atoms with Crippen molar-refractivity contribution in [3.63, 3.8) is 0 Å². The zero-order valence-electron chi connectivity index (χ0n) is 13.5. The van der Waals surface area contributed by atoms with Crippen LogP contribution in [0.25, 0.3) is 0 Å². The molecule has 0 aromatic heterocycles. The highest BCUT2D eigenvalue weighted by Crippen LogP contribution is 2.27. The van der Waals surface area contributed by atoms with E-state index in [1.54, 1.807) is 29.2 Å². The second-order valence-corrected chi connectivity index (χ2v) is 7.19. The Morgan fingerprint density at radius 3 is 2.54 bits per heavy atom. The van der Waals surface area contributed by atoms with E-state index in [0.717, 1.165) is 10.2 Å². The van der Waals surface area contributed by atoms with Crippen LogP contribution in [0, 0.1) is 5.92 Å². The molecule has 3 rings (SSSR count). The highest BCUT2D eigenvalue weighted by molar-refractivity contribution is 9.10. The van der Waals surface area contributed by atoms with Crippen LogP contribution in [0.3, 0.4) is 0 Å². The van der Waals surface area contributed by atoms with E-state index in [1.807, 2.05) is 24.3 Å². The maximum absolute atomic E-state index is 12.3. The molecule has 2 aromatic rings. The normalized spacial score (nSPS) is 16.5. The third-order valence-electron chi connectivity index (χ3n) is 4.02. The minimum absolute atomic E-state index is 0.0924. The Morgan fingerprint density at radius 2 is 1.85 bits per heavy atom. The third kappa shape index (κ3) is 4.23. The number of benzene rings is 2. The predicted molar refractivity (Wildman–Crippen MR) is 102 cm³/mol. The highest BCUT2D eigenvalue weighted by Gasteiger charge is 2.35. The van der Waals surface area contributed by atoms with E-state index in [0.29, 0.717) is 10.6 Å². The van der Waals surface area contributed by atoms with Gasteiger partial charge in [-0.3, -0.25) is 25.2 Å². The zero-order chi connectivity index (χ0) is 18.7. The molecule has 0 bridgehead atoms. The first-order valence-corrected chi connectivity index (χ1v) is 9.03. The molecule has 8 heteroatoms. The number of carbonyl (C=O) groups excluding carboxylic acids is 3. The SMILES string of the molecule is O=C(NNC(=O)C1CC(=O)N(c2cccc(Br)c2)C1)c1ccc(Cl)cc1. The first-order chi connectivity index (χ1) is 12.4. The molecule has 1 aliphatic rings. The van der Waals surface area contributed by atoms with Crippen LogP contribution in [0.15, 0.2) is 53.0 Å². The molecule has 1 saturated heterocycles. The number of anilines is 1. The smallest absolute Gasteiger partial charge is 0.269 e. The predicted octanol–water partition coefficient (Wildman–Crippen LogP) is 2.92. The van der Waals surface area contributed by atoms with Crippen LogP contribution < -0.4 is 15.8 Å². The minimum atomic E-state index is -0.535. The summed E-state index contributed by atoms with van der Waals surface area (Å²) in [5, 5.41) is 0.516. The van der Waals surface area contributed by atoms with Crippen molar-refractivity contribution >= 4 is 50.9 Å². The lowest BCUT2D eigenvalue weighted by molar-refractivity contribution is -0.126. The van der Waals surface area contributed by atoms with Gasteiger partial charge >= 0.3 is 0 Å². The summed E-state index contributed by atoms with van der Waals surface area (Å²) in [6.45, 7) is 0.262. The summed E-state index contributed by atoms with van der Waals surface area (Å²) in [6, 6.07) is 13.6. The van der Waals surface area contributed by atoms with Gasteiger partial charge in [-0.2, -0.15) is 0 Å². The van der Waals surface area contributed by atoms with Gasteiger partial charge in [0.1, 0.15) is 0 Å². The van der Waals surface area contributed by atoms with E-state index in [2.05, 4.69) is 26.8 Å². The summed E-state index contributed by atoms with van der Waals surface area (Å²) in [7, 11) is 0.